The van der Waals surface area contributed by atoms with Gasteiger partial charge in [-0.25, -0.2) is 0 Å². The van der Waals surface area contributed by atoms with Crippen LogP contribution < -0.4 is 10.5 Å². The van der Waals surface area contributed by atoms with E-state index in [1.165, 1.54) is 0 Å². The SMILES string of the molecule is COCCCC(N)c1nc(Cc2ccccc2OC)no1. The summed E-state index contributed by atoms with van der Waals surface area (Å²) < 4.78 is 15.5. The molecule has 0 saturated heterocycles. The molecule has 1 aromatic carbocycles. The molecule has 0 aliphatic rings. The van der Waals surface area contributed by atoms with E-state index in [1.54, 1.807) is 14.2 Å². The summed E-state index contributed by atoms with van der Waals surface area (Å²) in [6, 6.07) is 7.52. The topological polar surface area (TPSA) is 83.4 Å². The molecule has 0 amide bonds. The van der Waals surface area contributed by atoms with Crippen molar-refractivity contribution in [1.29, 1.82) is 0 Å². The Kier molecular flexibility index (Phi) is 5.71. The third-order valence-electron chi connectivity index (χ3n) is 3.21. The minimum Gasteiger partial charge on any atom is -0.496 e. The van der Waals surface area contributed by atoms with Crippen LogP contribution in [0.5, 0.6) is 5.75 Å². The van der Waals surface area contributed by atoms with Crippen LogP contribution in [0.3, 0.4) is 0 Å². The molecule has 1 unspecified atom stereocenters. The number of hydrogen-bond acceptors (Lipinski definition) is 6. The highest BCUT2D eigenvalue weighted by Crippen LogP contribution is 2.21. The largest absolute Gasteiger partial charge is 0.496 e. The van der Waals surface area contributed by atoms with Gasteiger partial charge in [-0.05, 0) is 18.9 Å². The third kappa shape index (κ3) is 4.27. The zero-order valence-electron chi connectivity index (χ0n) is 12.4. The molecule has 2 aromatic rings. The summed E-state index contributed by atoms with van der Waals surface area (Å²) in [7, 11) is 3.32. The Hall–Kier alpha value is -1.92. The summed E-state index contributed by atoms with van der Waals surface area (Å²) in [5.41, 5.74) is 7.04. The lowest BCUT2D eigenvalue weighted by atomic mass is 10.1. The highest BCUT2D eigenvalue weighted by atomic mass is 16.5. The first kappa shape index (κ1) is 15.5. The molecule has 0 radical (unpaired) electrons. The molecule has 0 bridgehead atoms. The molecule has 1 atom stereocenters. The fourth-order valence-corrected chi connectivity index (χ4v) is 2.08. The molecule has 2 N–H and O–H groups in total. The number of para-hydroxylation sites is 1. The molecular weight excluding hydrogens is 270 g/mol. The van der Waals surface area contributed by atoms with E-state index in [1.807, 2.05) is 24.3 Å². The van der Waals surface area contributed by atoms with Gasteiger partial charge in [-0.2, -0.15) is 4.98 Å². The molecule has 1 aromatic heterocycles. The maximum Gasteiger partial charge on any atom is 0.243 e. The van der Waals surface area contributed by atoms with Gasteiger partial charge in [0.05, 0.1) is 13.2 Å². The van der Waals surface area contributed by atoms with Gasteiger partial charge in [-0.15, -0.1) is 0 Å². The summed E-state index contributed by atoms with van der Waals surface area (Å²) in [5, 5.41) is 3.98. The number of nitrogens with zero attached hydrogens (tertiary/aromatic N) is 2. The van der Waals surface area contributed by atoms with Crippen LogP contribution in [0.25, 0.3) is 0 Å². The minimum atomic E-state index is -0.251. The Morgan fingerprint density at radius 3 is 2.86 bits per heavy atom. The normalized spacial score (nSPS) is 12.3. The second kappa shape index (κ2) is 7.75. The van der Waals surface area contributed by atoms with Gasteiger partial charge in [-0.3, -0.25) is 0 Å². The van der Waals surface area contributed by atoms with Crippen molar-refractivity contribution >= 4 is 0 Å². The standard InChI is InChI=1S/C15H21N3O3/c1-19-9-5-7-12(16)15-17-14(18-21-15)10-11-6-3-4-8-13(11)20-2/h3-4,6,8,12H,5,7,9-10,16H2,1-2H3. The zero-order valence-corrected chi connectivity index (χ0v) is 12.4. The van der Waals surface area contributed by atoms with Crippen LogP contribution in [-0.2, 0) is 11.2 Å². The van der Waals surface area contributed by atoms with E-state index >= 15 is 0 Å². The van der Waals surface area contributed by atoms with Crippen molar-refractivity contribution in [2.24, 2.45) is 5.73 Å². The highest BCUT2D eigenvalue weighted by Gasteiger charge is 2.15. The molecule has 21 heavy (non-hydrogen) atoms. The molecule has 0 fully saturated rings. The Balaban J connectivity index is 1.99. The van der Waals surface area contributed by atoms with Gasteiger partial charge in [0.1, 0.15) is 5.75 Å². The second-order valence-corrected chi connectivity index (χ2v) is 4.78. The number of methoxy groups -OCH3 is 2. The molecule has 2 rings (SSSR count). The van der Waals surface area contributed by atoms with Crippen LogP contribution >= 0.6 is 0 Å². The number of nitrogens with two attached hydrogens (primary N) is 1. The summed E-state index contributed by atoms with van der Waals surface area (Å²) in [6.45, 7) is 0.676. The van der Waals surface area contributed by atoms with Gasteiger partial charge in [0.25, 0.3) is 0 Å². The van der Waals surface area contributed by atoms with Gasteiger partial charge in [0.15, 0.2) is 5.82 Å². The number of hydrogen-bond donors (Lipinski definition) is 1. The third-order valence-corrected chi connectivity index (χ3v) is 3.21. The van der Waals surface area contributed by atoms with E-state index in [0.717, 1.165) is 24.2 Å². The van der Waals surface area contributed by atoms with Gasteiger partial charge in [0, 0.05) is 25.7 Å². The van der Waals surface area contributed by atoms with Crippen molar-refractivity contribution in [1.82, 2.24) is 10.1 Å². The van der Waals surface area contributed by atoms with Crippen LogP contribution in [0.2, 0.25) is 0 Å². The van der Waals surface area contributed by atoms with E-state index in [2.05, 4.69) is 10.1 Å². The average molecular weight is 291 g/mol. The van der Waals surface area contributed by atoms with Gasteiger partial charge < -0.3 is 19.7 Å². The van der Waals surface area contributed by atoms with E-state index in [-0.39, 0.29) is 6.04 Å². The van der Waals surface area contributed by atoms with Gasteiger partial charge >= 0.3 is 0 Å². The van der Waals surface area contributed by atoms with Crippen LogP contribution in [0.1, 0.15) is 36.2 Å². The molecular formula is C15H21N3O3. The zero-order chi connectivity index (χ0) is 15.1. The summed E-state index contributed by atoms with van der Waals surface area (Å²) in [6.07, 6.45) is 2.17. The molecule has 0 spiro atoms. The Morgan fingerprint density at radius 2 is 2.10 bits per heavy atom. The van der Waals surface area contributed by atoms with Crippen LogP contribution in [0.15, 0.2) is 28.8 Å². The monoisotopic (exact) mass is 291 g/mol. The predicted octanol–water partition coefficient (Wildman–Crippen LogP) is 2.10. The maximum atomic E-state index is 6.02. The lowest BCUT2D eigenvalue weighted by Gasteiger charge is -2.06. The number of ether oxygens (including phenoxy) is 2. The van der Waals surface area contributed by atoms with E-state index in [4.69, 9.17) is 19.7 Å². The van der Waals surface area contributed by atoms with E-state index in [9.17, 15) is 0 Å². The van der Waals surface area contributed by atoms with Crippen LogP contribution in [0.4, 0.5) is 0 Å². The number of aromatic nitrogens is 2. The molecule has 1 heterocycles. The minimum absolute atomic E-state index is 0.251. The Morgan fingerprint density at radius 1 is 1.29 bits per heavy atom. The summed E-state index contributed by atoms with van der Waals surface area (Å²) in [5.74, 6) is 1.89. The van der Waals surface area contributed by atoms with Crippen molar-refractivity contribution in [3.8, 4) is 5.75 Å². The van der Waals surface area contributed by atoms with Crippen molar-refractivity contribution in [3.05, 3.63) is 41.5 Å². The lowest BCUT2D eigenvalue weighted by Crippen LogP contribution is -2.11. The predicted molar refractivity (Wildman–Crippen MR) is 78.1 cm³/mol. The molecule has 6 heteroatoms. The lowest BCUT2D eigenvalue weighted by molar-refractivity contribution is 0.188. The average Bonchev–Trinajstić information content (AvgIpc) is 2.96. The number of rotatable bonds is 8. The Labute approximate surface area is 124 Å². The fourth-order valence-electron chi connectivity index (χ4n) is 2.08. The molecule has 6 nitrogen and oxygen atoms in total. The van der Waals surface area contributed by atoms with Crippen LogP contribution in [-0.4, -0.2) is 31.0 Å². The quantitative estimate of drug-likeness (QED) is 0.750. The van der Waals surface area contributed by atoms with Gasteiger partial charge in [-0.1, -0.05) is 23.4 Å². The van der Waals surface area contributed by atoms with Crippen molar-refractivity contribution in [2.75, 3.05) is 20.8 Å². The van der Waals surface area contributed by atoms with Crippen molar-refractivity contribution in [2.45, 2.75) is 25.3 Å². The Bertz CT molecular complexity index is 557. The number of benzene rings is 1. The summed E-state index contributed by atoms with van der Waals surface area (Å²) in [4.78, 5) is 4.36. The van der Waals surface area contributed by atoms with Gasteiger partial charge in [0.2, 0.25) is 5.89 Å². The first-order valence-electron chi connectivity index (χ1n) is 6.93. The van der Waals surface area contributed by atoms with Crippen molar-refractivity contribution < 1.29 is 14.0 Å². The summed E-state index contributed by atoms with van der Waals surface area (Å²) >= 11 is 0. The van der Waals surface area contributed by atoms with Crippen molar-refractivity contribution in [3.63, 3.8) is 0 Å². The fraction of sp³-hybridized carbons (Fsp3) is 0.467. The molecule has 0 aliphatic carbocycles. The molecule has 114 valence electrons. The van der Waals surface area contributed by atoms with E-state index < -0.39 is 0 Å². The first-order valence-corrected chi connectivity index (χ1v) is 6.93. The van der Waals surface area contributed by atoms with E-state index in [0.29, 0.717) is 24.7 Å². The maximum absolute atomic E-state index is 6.02. The van der Waals surface area contributed by atoms with Crippen LogP contribution in [0, 0.1) is 0 Å². The highest BCUT2D eigenvalue weighted by molar-refractivity contribution is 5.35. The second-order valence-electron chi connectivity index (χ2n) is 4.78. The molecule has 0 aliphatic heterocycles. The first-order chi connectivity index (χ1) is 10.2. The molecule has 0 saturated carbocycles. The smallest absolute Gasteiger partial charge is 0.243 e.